The Balaban J connectivity index is 2.26. The summed E-state index contributed by atoms with van der Waals surface area (Å²) < 4.78 is 0. The molecule has 1 aliphatic carbocycles. The van der Waals surface area contributed by atoms with Gasteiger partial charge in [0.25, 0.3) is 0 Å². The quantitative estimate of drug-likeness (QED) is 0.759. The SMILES string of the molecule is CC(CN(C)C)N1C(=O)NC(=O)C2(CCCC2)C1=O. The number of carbonyl (C=O) groups excluding carboxylic acids is 3. The molecule has 4 amide bonds. The van der Waals surface area contributed by atoms with Gasteiger partial charge in [0.1, 0.15) is 5.41 Å². The first kappa shape index (κ1) is 14.0. The van der Waals surface area contributed by atoms with Crippen molar-refractivity contribution in [1.82, 2.24) is 15.1 Å². The van der Waals surface area contributed by atoms with Gasteiger partial charge in [-0.05, 0) is 33.9 Å². The Kier molecular flexibility index (Phi) is 3.62. The molecule has 1 saturated carbocycles. The van der Waals surface area contributed by atoms with E-state index in [4.69, 9.17) is 0 Å². The number of rotatable bonds is 3. The van der Waals surface area contributed by atoms with Crippen molar-refractivity contribution in [2.45, 2.75) is 38.6 Å². The monoisotopic (exact) mass is 267 g/mol. The summed E-state index contributed by atoms with van der Waals surface area (Å²) in [7, 11) is 3.78. The second-order valence-electron chi connectivity index (χ2n) is 5.83. The van der Waals surface area contributed by atoms with Gasteiger partial charge in [-0.1, -0.05) is 12.8 Å². The average Bonchev–Trinajstić information content (AvgIpc) is 2.76. The number of hydrogen-bond donors (Lipinski definition) is 1. The van der Waals surface area contributed by atoms with Gasteiger partial charge in [0.15, 0.2) is 0 Å². The van der Waals surface area contributed by atoms with Crippen LogP contribution in [0.1, 0.15) is 32.6 Å². The van der Waals surface area contributed by atoms with Crippen LogP contribution >= 0.6 is 0 Å². The zero-order valence-electron chi connectivity index (χ0n) is 11.7. The number of nitrogens with one attached hydrogen (secondary N) is 1. The minimum Gasteiger partial charge on any atom is -0.307 e. The molecular formula is C13H21N3O3. The summed E-state index contributed by atoms with van der Waals surface area (Å²) in [6, 6.07) is -0.824. The normalized spacial score (nSPS) is 24.2. The van der Waals surface area contributed by atoms with Crippen molar-refractivity contribution < 1.29 is 14.4 Å². The third kappa shape index (κ3) is 2.25. The molecule has 0 radical (unpaired) electrons. The predicted molar refractivity (Wildman–Crippen MR) is 69.3 cm³/mol. The van der Waals surface area contributed by atoms with Crippen LogP contribution in [0.25, 0.3) is 0 Å². The number of barbiturate groups is 1. The van der Waals surface area contributed by atoms with Crippen LogP contribution in [-0.2, 0) is 9.59 Å². The summed E-state index contributed by atoms with van der Waals surface area (Å²) in [5.74, 6) is -0.721. The van der Waals surface area contributed by atoms with E-state index in [0.29, 0.717) is 19.4 Å². The Morgan fingerprint density at radius 1 is 1.26 bits per heavy atom. The van der Waals surface area contributed by atoms with Crippen molar-refractivity contribution in [3.05, 3.63) is 0 Å². The van der Waals surface area contributed by atoms with Gasteiger partial charge >= 0.3 is 6.03 Å². The zero-order chi connectivity index (χ0) is 14.2. The molecule has 1 atom stereocenters. The van der Waals surface area contributed by atoms with Crippen LogP contribution in [0.3, 0.4) is 0 Å². The van der Waals surface area contributed by atoms with Crippen LogP contribution in [0.4, 0.5) is 4.79 Å². The van der Waals surface area contributed by atoms with Crippen molar-refractivity contribution in [2.75, 3.05) is 20.6 Å². The first-order valence-electron chi connectivity index (χ1n) is 6.72. The lowest BCUT2D eigenvalue weighted by atomic mass is 9.81. The van der Waals surface area contributed by atoms with E-state index in [1.165, 1.54) is 4.90 Å². The van der Waals surface area contributed by atoms with E-state index >= 15 is 0 Å². The molecule has 0 aromatic heterocycles. The Labute approximate surface area is 113 Å². The van der Waals surface area contributed by atoms with Gasteiger partial charge in [-0.25, -0.2) is 4.79 Å². The molecule has 19 heavy (non-hydrogen) atoms. The topological polar surface area (TPSA) is 69.7 Å². The molecule has 2 rings (SSSR count). The lowest BCUT2D eigenvalue weighted by Gasteiger charge is -2.40. The van der Waals surface area contributed by atoms with E-state index in [-0.39, 0.29) is 11.9 Å². The summed E-state index contributed by atoms with van der Waals surface area (Å²) in [5, 5.41) is 2.36. The van der Waals surface area contributed by atoms with Gasteiger partial charge in [0.05, 0.1) is 6.04 Å². The molecule has 1 heterocycles. The van der Waals surface area contributed by atoms with Crippen LogP contribution in [-0.4, -0.2) is 54.3 Å². The van der Waals surface area contributed by atoms with Crippen LogP contribution in [0.2, 0.25) is 0 Å². The van der Waals surface area contributed by atoms with Crippen LogP contribution in [0.5, 0.6) is 0 Å². The van der Waals surface area contributed by atoms with Gasteiger partial charge in [0, 0.05) is 6.54 Å². The Hall–Kier alpha value is -1.43. The molecule has 2 fully saturated rings. The molecular weight excluding hydrogens is 246 g/mol. The molecule has 0 bridgehead atoms. The van der Waals surface area contributed by atoms with Gasteiger partial charge in [0.2, 0.25) is 11.8 Å². The minimum atomic E-state index is -0.992. The van der Waals surface area contributed by atoms with E-state index in [2.05, 4.69) is 5.32 Å². The van der Waals surface area contributed by atoms with Crippen molar-refractivity contribution in [3.63, 3.8) is 0 Å². The molecule has 0 aromatic carbocycles. The highest BCUT2D eigenvalue weighted by atomic mass is 16.2. The highest BCUT2D eigenvalue weighted by Gasteiger charge is 2.55. The second kappa shape index (κ2) is 4.92. The zero-order valence-corrected chi connectivity index (χ0v) is 11.7. The van der Waals surface area contributed by atoms with Gasteiger partial charge in [-0.3, -0.25) is 19.8 Å². The van der Waals surface area contributed by atoms with E-state index in [0.717, 1.165) is 12.8 Å². The number of nitrogens with zero attached hydrogens (tertiary/aromatic N) is 2. The molecule has 1 N–H and O–H groups in total. The second-order valence-corrected chi connectivity index (χ2v) is 5.83. The van der Waals surface area contributed by atoms with Crippen molar-refractivity contribution >= 4 is 17.8 Å². The molecule has 1 saturated heterocycles. The lowest BCUT2D eigenvalue weighted by Crippen LogP contribution is -2.65. The molecule has 1 spiro atoms. The smallest absolute Gasteiger partial charge is 0.307 e. The fourth-order valence-electron chi connectivity index (χ4n) is 3.13. The van der Waals surface area contributed by atoms with E-state index in [1.807, 2.05) is 25.9 Å². The highest BCUT2D eigenvalue weighted by Crippen LogP contribution is 2.42. The van der Waals surface area contributed by atoms with Crippen molar-refractivity contribution in [2.24, 2.45) is 5.41 Å². The molecule has 6 nitrogen and oxygen atoms in total. The fraction of sp³-hybridized carbons (Fsp3) is 0.769. The molecule has 6 heteroatoms. The maximum atomic E-state index is 12.6. The summed E-state index contributed by atoms with van der Waals surface area (Å²) >= 11 is 0. The maximum absolute atomic E-state index is 12.6. The summed E-state index contributed by atoms with van der Waals surface area (Å²) in [5.41, 5.74) is -0.992. The van der Waals surface area contributed by atoms with Crippen molar-refractivity contribution in [3.8, 4) is 0 Å². The largest absolute Gasteiger partial charge is 0.331 e. The number of hydrogen-bond acceptors (Lipinski definition) is 4. The molecule has 1 aliphatic heterocycles. The third-order valence-electron chi connectivity index (χ3n) is 4.03. The molecule has 0 aromatic rings. The van der Waals surface area contributed by atoms with E-state index in [1.54, 1.807) is 0 Å². The summed E-state index contributed by atoms with van der Waals surface area (Å²) in [4.78, 5) is 39.7. The van der Waals surface area contributed by atoms with Crippen molar-refractivity contribution in [1.29, 1.82) is 0 Å². The Morgan fingerprint density at radius 2 is 1.84 bits per heavy atom. The van der Waals surface area contributed by atoms with E-state index in [9.17, 15) is 14.4 Å². The minimum absolute atomic E-state index is 0.243. The Morgan fingerprint density at radius 3 is 2.37 bits per heavy atom. The van der Waals surface area contributed by atoms with Crippen LogP contribution in [0.15, 0.2) is 0 Å². The lowest BCUT2D eigenvalue weighted by molar-refractivity contribution is -0.152. The first-order chi connectivity index (χ1) is 8.88. The molecule has 2 aliphatic rings. The number of amides is 4. The summed E-state index contributed by atoms with van der Waals surface area (Å²) in [6.45, 7) is 2.42. The van der Waals surface area contributed by atoms with Crippen LogP contribution in [0, 0.1) is 5.41 Å². The van der Waals surface area contributed by atoms with E-state index < -0.39 is 17.4 Å². The maximum Gasteiger partial charge on any atom is 0.331 e. The average molecular weight is 267 g/mol. The highest BCUT2D eigenvalue weighted by molar-refractivity contribution is 6.19. The predicted octanol–water partition coefficient (Wildman–Crippen LogP) is 0.575. The number of carbonyl (C=O) groups is 3. The molecule has 106 valence electrons. The van der Waals surface area contributed by atoms with Gasteiger partial charge < -0.3 is 4.90 Å². The van der Waals surface area contributed by atoms with Gasteiger partial charge in [-0.15, -0.1) is 0 Å². The fourth-order valence-corrected chi connectivity index (χ4v) is 3.13. The standard InChI is InChI=1S/C13H21N3O3/c1-9(8-15(2)3)16-11(18)13(6-4-5-7-13)10(17)14-12(16)19/h9H,4-8H2,1-3H3,(H,14,17,19). The first-order valence-corrected chi connectivity index (χ1v) is 6.72. The van der Waals surface area contributed by atoms with Gasteiger partial charge in [-0.2, -0.15) is 0 Å². The summed E-state index contributed by atoms with van der Waals surface area (Å²) in [6.07, 6.45) is 2.83. The van der Waals surface area contributed by atoms with Crippen LogP contribution < -0.4 is 5.32 Å². The third-order valence-corrected chi connectivity index (χ3v) is 4.03. The molecule has 1 unspecified atom stereocenters. The number of urea groups is 1. The Bertz CT molecular complexity index is 413. The number of likely N-dealkylation sites (N-methyl/N-ethyl adjacent to an activating group) is 1. The number of imide groups is 2.